The molecule has 0 spiro atoms. The second kappa shape index (κ2) is 9.02. The van der Waals surface area contributed by atoms with Crippen molar-refractivity contribution in [3.05, 3.63) is 53.8 Å². The van der Waals surface area contributed by atoms with Crippen LogP contribution in [0.1, 0.15) is 18.4 Å². The Morgan fingerprint density at radius 1 is 1.00 bits per heavy atom. The molecule has 1 aliphatic rings. The standard InChI is InChI=1S/C20H20FNO5/c21-15-3-5-16(6-4-15)25-10-1-11-26-20(24)13-27-17-7-8-18-14(12-17)2-9-19(23)22-18/h3-8,12H,1-2,9-11,13H2,(H,22,23). The summed E-state index contributed by atoms with van der Waals surface area (Å²) in [7, 11) is 0. The summed E-state index contributed by atoms with van der Waals surface area (Å²) in [6.07, 6.45) is 1.61. The van der Waals surface area contributed by atoms with Gasteiger partial charge < -0.3 is 19.5 Å². The van der Waals surface area contributed by atoms with Crippen molar-refractivity contribution in [3.8, 4) is 11.5 Å². The minimum atomic E-state index is -0.470. The van der Waals surface area contributed by atoms with Gasteiger partial charge >= 0.3 is 5.97 Å². The van der Waals surface area contributed by atoms with Gasteiger partial charge in [0.05, 0.1) is 13.2 Å². The number of carbonyl (C=O) groups excluding carboxylic acids is 2. The second-order valence-electron chi connectivity index (χ2n) is 6.03. The number of halogens is 1. The maximum atomic E-state index is 12.8. The van der Waals surface area contributed by atoms with Crippen molar-refractivity contribution in [3.63, 3.8) is 0 Å². The molecule has 0 radical (unpaired) electrons. The lowest BCUT2D eigenvalue weighted by Crippen LogP contribution is -2.19. The van der Waals surface area contributed by atoms with E-state index in [4.69, 9.17) is 14.2 Å². The summed E-state index contributed by atoms with van der Waals surface area (Å²) in [5.41, 5.74) is 1.76. The molecule has 1 amide bonds. The van der Waals surface area contributed by atoms with E-state index in [2.05, 4.69) is 5.32 Å². The van der Waals surface area contributed by atoms with Crippen LogP contribution >= 0.6 is 0 Å². The molecule has 1 N–H and O–H groups in total. The van der Waals surface area contributed by atoms with E-state index in [0.717, 1.165) is 11.3 Å². The minimum absolute atomic E-state index is 0.00292. The lowest BCUT2D eigenvalue weighted by Gasteiger charge is -2.17. The van der Waals surface area contributed by atoms with Crippen LogP contribution in [0.3, 0.4) is 0 Å². The number of anilines is 1. The van der Waals surface area contributed by atoms with Gasteiger partial charge in [0.15, 0.2) is 6.61 Å². The van der Waals surface area contributed by atoms with Crippen LogP contribution < -0.4 is 14.8 Å². The molecule has 0 fully saturated rings. The van der Waals surface area contributed by atoms with Gasteiger partial charge in [-0.15, -0.1) is 0 Å². The number of ether oxygens (including phenoxy) is 3. The molecule has 2 aromatic carbocycles. The summed E-state index contributed by atoms with van der Waals surface area (Å²) < 4.78 is 28.7. The number of benzene rings is 2. The molecule has 0 aliphatic carbocycles. The average Bonchev–Trinajstić information content (AvgIpc) is 2.67. The van der Waals surface area contributed by atoms with E-state index >= 15 is 0 Å². The van der Waals surface area contributed by atoms with E-state index in [-0.39, 0.29) is 24.9 Å². The van der Waals surface area contributed by atoms with Crippen molar-refractivity contribution in [2.24, 2.45) is 0 Å². The van der Waals surface area contributed by atoms with Crippen LogP contribution in [0.4, 0.5) is 10.1 Å². The van der Waals surface area contributed by atoms with E-state index in [9.17, 15) is 14.0 Å². The summed E-state index contributed by atoms with van der Waals surface area (Å²) in [4.78, 5) is 23.1. The molecule has 1 heterocycles. The number of aryl methyl sites for hydroxylation is 1. The molecule has 0 saturated heterocycles. The van der Waals surface area contributed by atoms with Crippen LogP contribution in [0.2, 0.25) is 0 Å². The first-order chi connectivity index (χ1) is 13.1. The van der Waals surface area contributed by atoms with Crippen LogP contribution in [-0.2, 0) is 20.7 Å². The highest BCUT2D eigenvalue weighted by Crippen LogP contribution is 2.26. The third-order valence-corrected chi connectivity index (χ3v) is 3.96. The van der Waals surface area contributed by atoms with Crippen LogP contribution in [0.15, 0.2) is 42.5 Å². The van der Waals surface area contributed by atoms with Crippen LogP contribution in [-0.4, -0.2) is 31.7 Å². The Kier molecular flexibility index (Phi) is 6.25. The first-order valence-electron chi connectivity index (χ1n) is 8.70. The molecular weight excluding hydrogens is 353 g/mol. The third-order valence-electron chi connectivity index (χ3n) is 3.96. The van der Waals surface area contributed by atoms with E-state index in [1.54, 1.807) is 24.3 Å². The fourth-order valence-electron chi connectivity index (χ4n) is 2.60. The summed E-state index contributed by atoms with van der Waals surface area (Å²) in [6, 6.07) is 11.0. The van der Waals surface area contributed by atoms with Crippen LogP contribution in [0.25, 0.3) is 0 Å². The Labute approximate surface area is 156 Å². The van der Waals surface area contributed by atoms with Gasteiger partial charge in [0.25, 0.3) is 0 Å². The number of amides is 1. The molecule has 0 bridgehead atoms. The summed E-state index contributed by atoms with van der Waals surface area (Å²) in [6.45, 7) is 0.375. The molecule has 0 atom stereocenters. The molecule has 27 heavy (non-hydrogen) atoms. The van der Waals surface area contributed by atoms with E-state index in [1.165, 1.54) is 12.1 Å². The number of hydrogen-bond donors (Lipinski definition) is 1. The molecule has 142 valence electrons. The van der Waals surface area contributed by atoms with Crippen LogP contribution in [0, 0.1) is 5.82 Å². The predicted octanol–water partition coefficient (Wildman–Crippen LogP) is 3.10. The molecule has 7 heteroatoms. The molecule has 0 saturated carbocycles. The smallest absolute Gasteiger partial charge is 0.344 e. The Hall–Kier alpha value is -3.09. The highest BCUT2D eigenvalue weighted by Gasteiger charge is 2.15. The first-order valence-corrected chi connectivity index (χ1v) is 8.70. The summed E-state index contributed by atoms with van der Waals surface area (Å²) in [5, 5.41) is 2.79. The molecule has 0 unspecified atom stereocenters. The van der Waals surface area contributed by atoms with Crippen LogP contribution in [0.5, 0.6) is 11.5 Å². The van der Waals surface area contributed by atoms with Gasteiger partial charge in [-0.3, -0.25) is 4.79 Å². The maximum absolute atomic E-state index is 12.8. The molecule has 1 aliphatic heterocycles. The van der Waals surface area contributed by atoms with E-state index in [1.807, 2.05) is 6.07 Å². The predicted molar refractivity (Wildman–Crippen MR) is 96.4 cm³/mol. The van der Waals surface area contributed by atoms with Crippen molar-refractivity contribution in [2.45, 2.75) is 19.3 Å². The fraction of sp³-hybridized carbons (Fsp3) is 0.300. The Morgan fingerprint density at radius 3 is 2.59 bits per heavy atom. The van der Waals surface area contributed by atoms with Gasteiger partial charge in [0.1, 0.15) is 17.3 Å². The van der Waals surface area contributed by atoms with Crippen molar-refractivity contribution in [1.29, 1.82) is 0 Å². The van der Waals surface area contributed by atoms with Crippen molar-refractivity contribution >= 4 is 17.6 Å². The molecular formula is C20H20FNO5. The summed E-state index contributed by atoms with van der Waals surface area (Å²) in [5.74, 6) is 0.335. The zero-order valence-electron chi connectivity index (χ0n) is 14.7. The lowest BCUT2D eigenvalue weighted by molar-refractivity contribution is -0.146. The van der Waals surface area contributed by atoms with Gasteiger partial charge in [-0.1, -0.05) is 0 Å². The SMILES string of the molecule is O=C1CCc2cc(OCC(=O)OCCCOc3ccc(F)cc3)ccc2N1. The first kappa shape index (κ1) is 18.7. The maximum Gasteiger partial charge on any atom is 0.344 e. The topological polar surface area (TPSA) is 73.9 Å². The van der Waals surface area contributed by atoms with Gasteiger partial charge in [0.2, 0.25) is 5.91 Å². The monoisotopic (exact) mass is 373 g/mol. The Bertz CT molecular complexity index is 807. The van der Waals surface area contributed by atoms with Gasteiger partial charge in [-0.2, -0.15) is 0 Å². The van der Waals surface area contributed by atoms with E-state index < -0.39 is 5.97 Å². The Balaban J connectivity index is 1.33. The normalized spacial score (nSPS) is 12.7. The average molecular weight is 373 g/mol. The third kappa shape index (κ3) is 5.70. The zero-order valence-corrected chi connectivity index (χ0v) is 14.7. The zero-order chi connectivity index (χ0) is 19.1. The quantitative estimate of drug-likeness (QED) is 0.569. The molecule has 3 rings (SSSR count). The van der Waals surface area contributed by atoms with Crippen molar-refractivity contribution in [2.75, 3.05) is 25.1 Å². The molecule has 6 nitrogen and oxygen atoms in total. The number of hydrogen-bond acceptors (Lipinski definition) is 5. The van der Waals surface area contributed by atoms with Crippen molar-refractivity contribution in [1.82, 2.24) is 0 Å². The molecule has 2 aromatic rings. The number of carbonyl (C=O) groups is 2. The van der Waals surface area contributed by atoms with E-state index in [0.29, 0.717) is 37.4 Å². The van der Waals surface area contributed by atoms with Gasteiger partial charge in [-0.05, 0) is 54.4 Å². The number of rotatable bonds is 8. The Morgan fingerprint density at radius 2 is 1.78 bits per heavy atom. The van der Waals surface area contributed by atoms with Gasteiger partial charge in [-0.25, -0.2) is 9.18 Å². The van der Waals surface area contributed by atoms with Gasteiger partial charge in [0, 0.05) is 18.5 Å². The minimum Gasteiger partial charge on any atom is -0.493 e. The molecule has 0 aromatic heterocycles. The second-order valence-corrected chi connectivity index (χ2v) is 6.03. The fourth-order valence-corrected chi connectivity index (χ4v) is 2.60. The lowest BCUT2D eigenvalue weighted by atomic mass is 10.0. The number of esters is 1. The van der Waals surface area contributed by atoms with Crippen molar-refractivity contribution < 1.29 is 28.2 Å². The highest BCUT2D eigenvalue weighted by molar-refractivity contribution is 5.94. The highest BCUT2D eigenvalue weighted by atomic mass is 19.1. The number of nitrogens with one attached hydrogen (secondary N) is 1. The number of fused-ring (bicyclic) bond motifs is 1. The summed E-state index contributed by atoms with van der Waals surface area (Å²) >= 11 is 0. The largest absolute Gasteiger partial charge is 0.493 e.